The number of anilines is 1. The van der Waals surface area contributed by atoms with E-state index in [1.165, 1.54) is 0 Å². The number of nitrogens with zero attached hydrogens (tertiary/aromatic N) is 4. The molecule has 3 rings (SSSR count). The normalized spacial score (nSPS) is 17.7. The number of hydrogen-bond donors (Lipinski definition) is 1. The van der Waals surface area contributed by atoms with Gasteiger partial charge in [-0.1, -0.05) is 18.2 Å². The second-order valence-electron chi connectivity index (χ2n) is 6.86. The van der Waals surface area contributed by atoms with Crippen molar-refractivity contribution in [2.45, 2.75) is 25.3 Å². The largest absolute Gasteiger partial charge is 0.333 e. The fourth-order valence-corrected chi connectivity index (χ4v) is 3.27. The molecule has 0 spiro atoms. The van der Waals surface area contributed by atoms with Gasteiger partial charge in [0.15, 0.2) is 0 Å². The van der Waals surface area contributed by atoms with Gasteiger partial charge >= 0.3 is 6.03 Å². The Morgan fingerprint density at radius 2 is 2.12 bits per heavy atom. The van der Waals surface area contributed by atoms with E-state index in [0.717, 1.165) is 50.5 Å². The van der Waals surface area contributed by atoms with E-state index in [1.807, 2.05) is 47.6 Å². The Morgan fingerprint density at radius 3 is 2.88 bits per heavy atom. The average Bonchev–Trinajstić information content (AvgIpc) is 3.09. The number of benzene rings is 1. The number of aromatic nitrogens is 2. The molecule has 1 N–H and O–H groups in total. The Morgan fingerprint density at radius 1 is 1.32 bits per heavy atom. The van der Waals surface area contributed by atoms with Crippen LogP contribution in [0, 0.1) is 0 Å². The maximum Gasteiger partial charge on any atom is 0.321 e. The van der Waals surface area contributed by atoms with Gasteiger partial charge in [0, 0.05) is 50.2 Å². The fourth-order valence-electron chi connectivity index (χ4n) is 3.27. The van der Waals surface area contributed by atoms with Crippen molar-refractivity contribution >= 4 is 11.7 Å². The quantitative estimate of drug-likeness (QED) is 0.910. The summed E-state index contributed by atoms with van der Waals surface area (Å²) in [5.74, 6) is 1.39. The number of hydrogen-bond acceptors (Lipinski definition) is 3. The van der Waals surface area contributed by atoms with Crippen molar-refractivity contribution in [3.8, 4) is 0 Å². The molecule has 1 fully saturated rings. The van der Waals surface area contributed by atoms with Gasteiger partial charge in [0.05, 0.1) is 0 Å². The van der Waals surface area contributed by atoms with E-state index in [9.17, 15) is 4.79 Å². The smallest absolute Gasteiger partial charge is 0.321 e. The molecule has 0 bridgehead atoms. The zero-order valence-electron chi connectivity index (χ0n) is 15.1. The van der Waals surface area contributed by atoms with Crippen LogP contribution in [0.5, 0.6) is 0 Å². The van der Waals surface area contributed by atoms with Crippen LogP contribution in [0.2, 0.25) is 0 Å². The number of rotatable bonds is 5. The number of likely N-dealkylation sites (tertiary alicyclic amines) is 1. The SMILES string of the molecule is CN(C)CCn1ccnc1[C@@H]1CCCN(C(=O)Nc2ccccc2)C1. The van der Waals surface area contributed by atoms with Crippen molar-refractivity contribution in [2.24, 2.45) is 0 Å². The second kappa shape index (κ2) is 8.16. The van der Waals surface area contributed by atoms with Crippen LogP contribution in [0.25, 0.3) is 0 Å². The summed E-state index contributed by atoms with van der Waals surface area (Å²) in [4.78, 5) is 21.2. The predicted molar refractivity (Wildman–Crippen MR) is 99.8 cm³/mol. The summed E-state index contributed by atoms with van der Waals surface area (Å²) in [5, 5.41) is 2.99. The van der Waals surface area contributed by atoms with E-state index < -0.39 is 0 Å². The molecule has 2 aromatic rings. The van der Waals surface area contributed by atoms with E-state index in [0.29, 0.717) is 5.92 Å². The molecular weight excluding hydrogens is 314 g/mol. The number of likely N-dealkylation sites (N-methyl/N-ethyl adjacent to an activating group) is 1. The minimum absolute atomic E-state index is 0.0257. The number of carbonyl (C=O) groups excluding carboxylic acids is 1. The Bertz CT molecular complexity index is 682. The highest BCUT2D eigenvalue weighted by atomic mass is 16.2. The third-order valence-corrected chi connectivity index (χ3v) is 4.63. The first kappa shape index (κ1) is 17.5. The molecule has 0 radical (unpaired) electrons. The third kappa shape index (κ3) is 4.60. The monoisotopic (exact) mass is 341 g/mol. The molecule has 1 aromatic carbocycles. The van der Waals surface area contributed by atoms with Crippen LogP contribution >= 0.6 is 0 Å². The first-order chi connectivity index (χ1) is 12.1. The lowest BCUT2D eigenvalue weighted by Crippen LogP contribution is -2.42. The number of imidazole rings is 1. The van der Waals surface area contributed by atoms with Crippen LogP contribution in [-0.2, 0) is 6.54 Å². The molecule has 1 atom stereocenters. The van der Waals surface area contributed by atoms with E-state index in [-0.39, 0.29) is 6.03 Å². The van der Waals surface area contributed by atoms with Gasteiger partial charge in [-0.2, -0.15) is 0 Å². The molecule has 2 heterocycles. The van der Waals surface area contributed by atoms with Crippen LogP contribution in [0.4, 0.5) is 10.5 Å². The molecule has 134 valence electrons. The van der Waals surface area contributed by atoms with Gasteiger partial charge in [-0.3, -0.25) is 0 Å². The van der Waals surface area contributed by atoms with Crippen molar-refractivity contribution in [3.05, 3.63) is 48.5 Å². The molecule has 25 heavy (non-hydrogen) atoms. The van der Waals surface area contributed by atoms with Gasteiger partial charge in [-0.05, 0) is 39.1 Å². The summed E-state index contributed by atoms with van der Waals surface area (Å²) in [5.41, 5.74) is 0.835. The number of nitrogens with one attached hydrogen (secondary N) is 1. The molecule has 6 heteroatoms. The molecule has 1 aliphatic heterocycles. The van der Waals surface area contributed by atoms with Gasteiger partial charge in [0.1, 0.15) is 5.82 Å². The summed E-state index contributed by atoms with van der Waals surface area (Å²) < 4.78 is 2.23. The van der Waals surface area contributed by atoms with Crippen LogP contribution in [0.15, 0.2) is 42.7 Å². The molecule has 1 saturated heterocycles. The standard InChI is InChI=1S/C19H27N5O/c1-22(2)13-14-23-12-10-20-18(23)16-7-6-11-24(15-16)19(25)21-17-8-4-3-5-9-17/h3-5,8-10,12,16H,6-7,11,13-15H2,1-2H3,(H,21,25)/t16-/m1/s1. The van der Waals surface area contributed by atoms with Crippen molar-refractivity contribution in [1.29, 1.82) is 0 Å². The first-order valence-corrected chi connectivity index (χ1v) is 8.90. The third-order valence-electron chi connectivity index (χ3n) is 4.63. The molecule has 1 aromatic heterocycles. The van der Waals surface area contributed by atoms with Gasteiger partial charge in [-0.25, -0.2) is 9.78 Å². The lowest BCUT2D eigenvalue weighted by atomic mass is 9.97. The predicted octanol–water partition coefficient (Wildman–Crippen LogP) is 2.86. The zero-order chi connectivity index (χ0) is 17.6. The van der Waals surface area contributed by atoms with E-state index >= 15 is 0 Å². The number of amides is 2. The summed E-state index contributed by atoms with van der Waals surface area (Å²) in [6, 6.07) is 9.59. The van der Waals surface area contributed by atoms with Crippen LogP contribution in [0.3, 0.4) is 0 Å². The highest BCUT2D eigenvalue weighted by molar-refractivity contribution is 5.89. The lowest BCUT2D eigenvalue weighted by Gasteiger charge is -2.32. The summed E-state index contributed by atoms with van der Waals surface area (Å²) >= 11 is 0. The fraction of sp³-hybridized carbons (Fsp3) is 0.474. The van der Waals surface area contributed by atoms with Crippen LogP contribution in [-0.4, -0.2) is 59.1 Å². The highest BCUT2D eigenvalue weighted by Gasteiger charge is 2.27. The van der Waals surface area contributed by atoms with E-state index in [1.54, 1.807) is 0 Å². The molecule has 2 amide bonds. The Balaban J connectivity index is 1.63. The van der Waals surface area contributed by atoms with Crippen molar-refractivity contribution in [3.63, 3.8) is 0 Å². The lowest BCUT2D eigenvalue weighted by molar-refractivity contribution is 0.190. The Hall–Kier alpha value is -2.34. The van der Waals surface area contributed by atoms with E-state index in [2.05, 4.69) is 33.9 Å². The molecular formula is C19H27N5O. The zero-order valence-corrected chi connectivity index (χ0v) is 15.1. The molecule has 0 aliphatic carbocycles. The van der Waals surface area contributed by atoms with Crippen molar-refractivity contribution < 1.29 is 4.79 Å². The molecule has 0 unspecified atom stereocenters. The number of carbonyl (C=O) groups is 1. The Labute approximate surface area is 149 Å². The minimum atomic E-state index is -0.0257. The first-order valence-electron chi connectivity index (χ1n) is 8.90. The molecule has 0 saturated carbocycles. The van der Waals surface area contributed by atoms with Crippen LogP contribution in [0.1, 0.15) is 24.6 Å². The van der Waals surface area contributed by atoms with Crippen molar-refractivity contribution in [2.75, 3.05) is 39.0 Å². The Kier molecular flexibility index (Phi) is 5.71. The van der Waals surface area contributed by atoms with Gasteiger partial charge in [0.25, 0.3) is 0 Å². The number of urea groups is 1. The molecule has 1 aliphatic rings. The van der Waals surface area contributed by atoms with Crippen LogP contribution < -0.4 is 5.32 Å². The number of para-hydroxylation sites is 1. The second-order valence-corrected chi connectivity index (χ2v) is 6.86. The van der Waals surface area contributed by atoms with Gasteiger partial charge in [-0.15, -0.1) is 0 Å². The summed E-state index contributed by atoms with van der Waals surface area (Å²) in [6.45, 7) is 3.43. The number of piperidine rings is 1. The summed E-state index contributed by atoms with van der Waals surface area (Å²) in [7, 11) is 4.15. The minimum Gasteiger partial charge on any atom is -0.333 e. The van der Waals surface area contributed by atoms with Gasteiger partial charge < -0.3 is 19.7 Å². The van der Waals surface area contributed by atoms with Gasteiger partial charge in [0.2, 0.25) is 0 Å². The molecule has 6 nitrogen and oxygen atoms in total. The van der Waals surface area contributed by atoms with E-state index in [4.69, 9.17) is 0 Å². The maximum absolute atomic E-state index is 12.6. The summed E-state index contributed by atoms with van der Waals surface area (Å²) in [6.07, 6.45) is 6.00. The topological polar surface area (TPSA) is 53.4 Å². The average molecular weight is 341 g/mol. The highest BCUT2D eigenvalue weighted by Crippen LogP contribution is 2.26. The maximum atomic E-state index is 12.6. The van der Waals surface area contributed by atoms with Crippen molar-refractivity contribution in [1.82, 2.24) is 19.4 Å².